The summed E-state index contributed by atoms with van der Waals surface area (Å²) in [5.74, 6) is -0.0199. The molecule has 0 atom stereocenters. The van der Waals surface area contributed by atoms with E-state index >= 15 is 0 Å². The van der Waals surface area contributed by atoms with Crippen molar-refractivity contribution in [1.82, 2.24) is 19.4 Å². The van der Waals surface area contributed by atoms with Gasteiger partial charge in [-0.25, -0.2) is 9.52 Å². The fourth-order valence-electron chi connectivity index (χ4n) is 4.83. The van der Waals surface area contributed by atoms with E-state index in [-0.39, 0.29) is 17.0 Å². The molecule has 0 saturated carbocycles. The molecule has 0 radical (unpaired) electrons. The van der Waals surface area contributed by atoms with Crippen molar-refractivity contribution in [3.63, 3.8) is 0 Å². The molecule has 0 spiro atoms. The minimum absolute atomic E-state index is 0.0199. The number of urea groups is 1. The van der Waals surface area contributed by atoms with Gasteiger partial charge in [-0.2, -0.15) is 13.5 Å². The predicted molar refractivity (Wildman–Crippen MR) is 113 cm³/mol. The molecule has 1 aromatic carbocycles. The van der Waals surface area contributed by atoms with Crippen LogP contribution in [0.25, 0.3) is 0 Å². The molecule has 10 heteroatoms. The third kappa shape index (κ3) is 3.58. The lowest BCUT2D eigenvalue weighted by Gasteiger charge is -2.38. The first-order valence-corrected chi connectivity index (χ1v) is 12.1. The van der Waals surface area contributed by atoms with Gasteiger partial charge >= 0.3 is 6.03 Å². The second kappa shape index (κ2) is 7.37. The lowest BCUT2D eigenvalue weighted by atomic mass is 9.99. The highest BCUT2D eigenvalue weighted by Crippen LogP contribution is 2.38. The first-order valence-electron chi connectivity index (χ1n) is 10.6. The number of anilines is 1. The predicted octanol–water partition coefficient (Wildman–Crippen LogP) is 1.77. The number of nitrogens with one attached hydrogen (secondary N) is 2. The molecule has 2 aliphatic carbocycles. The summed E-state index contributed by atoms with van der Waals surface area (Å²) in [6.07, 6.45) is 7.44. The number of aryl methyl sites for hydroxylation is 2. The zero-order valence-electron chi connectivity index (χ0n) is 17.3. The summed E-state index contributed by atoms with van der Waals surface area (Å²) in [5, 5.41) is 6.74. The number of benzene rings is 1. The Hall–Kier alpha value is -2.88. The molecule has 9 nitrogen and oxygen atoms in total. The fraction of sp³-hybridized carbons (Fsp3) is 0.476. The number of hydrogen-bond acceptors (Lipinski definition) is 5. The number of fused-ring (bicyclic) bond motifs is 2. The van der Waals surface area contributed by atoms with Crippen LogP contribution in [0, 0.1) is 0 Å². The zero-order valence-corrected chi connectivity index (χ0v) is 18.2. The van der Waals surface area contributed by atoms with Crippen molar-refractivity contribution in [3.05, 3.63) is 40.6 Å². The molecular formula is C21H25N5O4S. The van der Waals surface area contributed by atoms with Crippen molar-refractivity contribution in [2.45, 2.75) is 56.5 Å². The van der Waals surface area contributed by atoms with Crippen molar-refractivity contribution in [1.29, 1.82) is 0 Å². The number of amides is 3. The van der Waals surface area contributed by atoms with E-state index in [0.29, 0.717) is 13.1 Å². The molecule has 1 saturated heterocycles. The van der Waals surface area contributed by atoms with Crippen LogP contribution >= 0.6 is 0 Å². The van der Waals surface area contributed by atoms with Gasteiger partial charge in [0.05, 0.1) is 6.04 Å². The van der Waals surface area contributed by atoms with Crippen molar-refractivity contribution in [3.8, 4) is 0 Å². The summed E-state index contributed by atoms with van der Waals surface area (Å²) in [6.45, 7) is 2.48. The van der Waals surface area contributed by atoms with Crippen LogP contribution < -0.4 is 10.0 Å². The van der Waals surface area contributed by atoms with E-state index in [0.717, 1.165) is 55.3 Å². The average molecular weight is 444 g/mol. The van der Waals surface area contributed by atoms with Crippen LogP contribution in [0.4, 0.5) is 10.5 Å². The van der Waals surface area contributed by atoms with Gasteiger partial charge in [-0.3, -0.25) is 9.48 Å². The van der Waals surface area contributed by atoms with E-state index in [2.05, 4.69) is 21.2 Å². The Bertz CT molecular complexity index is 1150. The average Bonchev–Trinajstić information content (AvgIpc) is 3.39. The number of carbonyl (C=O) groups excluding carboxylic acids is 2. The highest BCUT2D eigenvalue weighted by atomic mass is 32.2. The number of nitrogens with zero attached hydrogens (tertiary/aromatic N) is 3. The molecule has 5 rings (SSSR count). The van der Waals surface area contributed by atoms with Gasteiger partial charge in [0.1, 0.15) is 0 Å². The van der Waals surface area contributed by atoms with Gasteiger partial charge in [-0.15, -0.1) is 0 Å². The number of likely N-dealkylation sites (tertiary alicyclic amines) is 1. The second-order valence-corrected chi connectivity index (χ2v) is 10.1. The fourth-order valence-corrected chi connectivity index (χ4v) is 5.67. The number of sulfonamides is 1. The molecule has 3 amide bonds. The normalized spacial score (nSPS) is 17.8. The van der Waals surface area contributed by atoms with E-state index in [9.17, 15) is 18.0 Å². The highest BCUT2D eigenvalue weighted by molar-refractivity contribution is 7.90. The summed E-state index contributed by atoms with van der Waals surface area (Å²) in [4.78, 5) is 25.6. The largest absolute Gasteiger partial charge is 0.339 e. The lowest BCUT2D eigenvalue weighted by molar-refractivity contribution is -0.134. The molecule has 3 aliphatic rings. The SMILES string of the molecule is CC(=O)N1CC(n2ccc(S(=O)(=O)NC(=O)Nc3c4c(cc5c3CCC5)CCC4)n2)C1. The Morgan fingerprint density at radius 2 is 1.71 bits per heavy atom. The number of carbonyl (C=O) groups is 2. The zero-order chi connectivity index (χ0) is 21.8. The van der Waals surface area contributed by atoms with Gasteiger partial charge in [-0.1, -0.05) is 6.07 Å². The van der Waals surface area contributed by atoms with E-state index in [4.69, 9.17) is 0 Å². The van der Waals surface area contributed by atoms with E-state index < -0.39 is 16.1 Å². The summed E-state index contributed by atoms with van der Waals surface area (Å²) in [5.41, 5.74) is 5.59. The smallest absolute Gasteiger partial charge is 0.333 e. The van der Waals surface area contributed by atoms with E-state index in [1.54, 1.807) is 11.1 Å². The van der Waals surface area contributed by atoms with Crippen LogP contribution in [-0.4, -0.2) is 48.1 Å². The molecule has 0 unspecified atom stereocenters. The minimum Gasteiger partial charge on any atom is -0.339 e. The standard InChI is InChI=1S/C21H25N5O4S/c1-13(27)25-11-16(12-25)26-9-8-19(23-26)31(29,30)24-21(28)22-20-17-6-2-4-14(17)10-15-5-3-7-18(15)20/h8-10,16H,2-7,11-12H2,1H3,(H2,22,24,28). The Morgan fingerprint density at radius 1 is 1.06 bits per heavy atom. The van der Waals surface area contributed by atoms with Crippen LogP contribution in [0.15, 0.2) is 23.4 Å². The molecule has 164 valence electrons. The maximum Gasteiger partial charge on any atom is 0.333 e. The van der Waals surface area contributed by atoms with E-state index in [1.165, 1.54) is 28.8 Å². The first kappa shape index (κ1) is 20.0. The molecule has 31 heavy (non-hydrogen) atoms. The number of rotatable bonds is 4. The van der Waals surface area contributed by atoms with Crippen molar-refractivity contribution >= 4 is 27.6 Å². The third-order valence-corrected chi connectivity index (χ3v) is 7.70. The molecule has 2 aromatic rings. The van der Waals surface area contributed by atoms with Gasteiger partial charge in [0.2, 0.25) is 5.91 Å². The number of aromatic nitrogens is 2. The maximum absolute atomic E-state index is 12.7. The van der Waals surface area contributed by atoms with Gasteiger partial charge < -0.3 is 10.2 Å². The third-order valence-electron chi connectivity index (χ3n) is 6.48. The second-order valence-electron chi connectivity index (χ2n) is 8.51. The molecule has 2 heterocycles. The van der Waals surface area contributed by atoms with Crippen LogP contribution in [0.5, 0.6) is 0 Å². The van der Waals surface area contributed by atoms with Crippen LogP contribution in [0.3, 0.4) is 0 Å². The van der Waals surface area contributed by atoms with Gasteiger partial charge in [0.25, 0.3) is 10.0 Å². The number of hydrogen-bond donors (Lipinski definition) is 2. The molecule has 1 aromatic heterocycles. The first-order chi connectivity index (χ1) is 14.8. The molecule has 0 bridgehead atoms. The topological polar surface area (TPSA) is 113 Å². The molecule has 2 N–H and O–H groups in total. The Kier molecular flexibility index (Phi) is 4.76. The van der Waals surface area contributed by atoms with Gasteiger partial charge in [0.15, 0.2) is 5.03 Å². The van der Waals surface area contributed by atoms with Crippen LogP contribution in [-0.2, 0) is 40.5 Å². The van der Waals surface area contributed by atoms with Gasteiger partial charge in [0, 0.05) is 31.9 Å². The minimum atomic E-state index is -4.11. The van der Waals surface area contributed by atoms with Gasteiger partial charge in [-0.05, 0) is 66.8 Å². The summed E-state index contributed by atoms with van der Waals surface area (Å²) in [7, 11) is -4.11. The molecular weight excluding hydrogens is 418 g/mol. The quantitative estimate of drug-likeness (QED) is 0.748. The van der Waals surface area contributed by atoms with Crippen molar-refractivity contribution < 1.29 is 18.0 Å². The summed E-state index contributed by atoms with van der Waals surface area (Å²) >= 11 is 0. The monoisotopic (exact) mass is 443 g/mol. The Balaban J connectivity index is 1.30. The summed E-state index contributed by atoms with van der Waals surface area (Å²) in [6, 6.07) is 2.79. The summed E-state index contributed by atoms with van der Waals surface area (Å²) < 4.78 is 29.0. The molecule has 1 fully saturated rings. The molecule has 1 aliphatic heterocycles. The lowest BCUT2D eigenvalue weighted by Crippen LogP contribution is -2.50. The van der Waals surface area contributed by atoms with Crippen LogP contribution in [0.2, 0.25) is 0 Å². The Labute approximate surface area is 180 Å². The Morgan fingerprint density at radius 3 is 2.32 bits per heavy atom. The maximum atomic E-state index is 12.7. The van der Waals surface area contributed by atoms with Crippen molar-refractivity contribution in [2.75, 3.05) is 18.4 Å². The van der Waals surface area contributed by atoms with Crippen LogP contribution in [0.1, 0.15) is 48.1 Å². The highest BCUT2D eigenvalue weighted by Gasteiger charge is 2.32. The van der Waals surface area contributed by atoms with E-state index in [1.807, 2.05) is 0 Å². The van der Waals surface area contributed by atoms with Crippen molar-refractivity contribution in [2.24, 2.45) is 0 Å².